The topological polar surface area (TPSA) is 112 Å². The van der Waals surface area contributed by atoms with Gasteiger partial charge in [-0.25, -0.2) is 14.8 Å². The van der Waals surface area contributed by atoms with Gasteiger partial charge < -0.3 is 25.5 Å². The molecular weight excluding hydrogens is 514 g/mol. The molecule has 0 fully saturated rings. The quantitative estimate of drug-likeness (QED) is 0.158. The Hall–Kier alpha value is -5.63. The first-order valence-corrected chi connectivity index (χ1v) is 13.2. The van der Waals surface area contributed by atoms with Gasteiger partial charge in [-0.05, 0) is 66.1 Å². The smallest absolute Gasteiger partial charge is 0.323 e. The molecule has 0 radical (unpaired) electrons. The number of fused-ring (bicyclic) bond motifs is 1. The fourth-order valence-corrected chi connectivity index (χ4v) is 4.66. The van der Waals surface area contributed by atoms with Gasteiger partial charge in [-0.2, -0.15) is 0 Å². The predicted molar refractivity (Wildman–Crippen MR) is 162 cm³/mol. The first-order chi connectivity index (χ1) is 20.1. The second kappa shape index (κ2) is 11.6. The Morgan fingerprint density at radius 3 is 2.10 bits per heavy atom. The zero-order chi connectivity index (χ0) is 28.0. The van der Waals surface area contributed by atoms with Gasteiger partial charge in [0.15, 0.2) is 0 Å². The first kappa shape index (κ1) is 25.6. The van der Waals surface area contributed by atoms with Crippen LogP contribution in [-0.2, 0) is 6.42 Å². The number of hydrogen-bond acceptors (Lipinski definition) is 6. The van der Waals surface area contributed by atoms with Gasteiger partial charge in [-0.3, -0.25) is 0 Å². The molecule has 2 aromatic heterocycles. The molecule has 0 aliphatic carbocycles. The Morgan fingerprint density at radius 2 is 1.39 bits per heavy atom. The van der Waals surface area contributed by atoms with E-state index in [1.807, 2.05) is 97.1 Å². The average Bonchev–Trinajstić information content (AvgIpc) is 3.40. The molecule has 4 N–H and O–H groups in total. The number of anilines is 3. The molecule has 4 aromatic carbocycles. The van der Waals surface area contributed by atoms with E-state index in [0.717, 1.165) is 39.7 Å². The van der Waals surface area contributed by atoms with E-state index in [2.05, 4.69) is 25.9 Å². The number of aromatic hydroxyl groups is 1. The monoisotopic (exact) mass is 541 g/mol. The highest BCUT2D eigenvalue weighted by Crippen LogP contribution is 2.42. The molecule has 8 nitrogen and oxygen atoms in total. The van der Waals surface area contributed by atoms with Crippen LogP contribution >= 0.6 is 0 Å². The summed E-state index contributed by atoms with van der Waals surface area (Å²) in [6.07, 6.45) is 2.23. The van der Waals surface area contributed by atoms with Crippen LogP contribution in [0.1, 0.15) is 5.56 Å². The summed E-state index contributed by atoms with van der Waals surface area (Å²) in [5, 5.41) is 19.7. The fraction of sp³-hybridized carbons (Fsp3) is 0.0606. The summed E-state index contributed by atoms with van der Waals surface area (Å²) >= 11 is 0. The number of rotatable bonds is 8. The van der Waals surface area contributed by atoms with Crippen LogP contribution in [-0.4, -0.2) is 27.7 Å². The third-order valence-corrected chi connectivity index (χ3v) is 6.63. The number of nitrogens with zero attached hydrogens (tertiary/aromatic N) is 2. The molecule has 0 bridgehead atoms. The lowest BCUT2D eigenvalue weighted by Crippen LogP contribution is -2.19. The molecular formula is C33H27N5O3. The van der Waals surface area contributed by atoms with E-state index in [1.165, 1.54) is 6.33 Å². The molecule has 0 saturated heterocycles. The van der Waals surface area contributed by atoms with Gasteiger partial charge in [0.25, 0.3) is 0 Å². The number of para-hydroxylation sites is 1. The number of furan rings is 1. The Balaban J connectivity index is 1.19. The molecule has 0 saturated carbocycles. The van der Waals surface area contributed by atoms with E-state index in [9.17, 15) is 9.90 Å². The van der Waals surface area contributed by atoms with Gasteiger partial charge >= 0.3 is 6.03 Å². The molecule has 202 valence electrons. The van der Waals surface area contributed by atoms with E-state index in [1.54, 1.807) is 12.1 Å². The van der Waals surface area contributed by atoms with Crippen molar-refractivity contribution in [3.05, 3.63) is 121 Å². The molecule has 0 aliphatic rings. The maximum absolute atomic E-state index is 12.3. The lowest BCUT2D eigenvalue weighted by Gasteiger charge is -2.10. The minimum absolute atomic E-state index is 0.188. The van der Waals surface area contributed by atoms with Crippen LogP contribution in [0.15, 0.2) is 120 Å². The normalized spacial score (nSPS) is 10.8. The van der Waals surface area contributed by atoms with Gasteiger partial charge in [0.2, 0.25) is 5.71 Å². The summed E-state index contributed by atoms with van der Waals surface area (Å²) in [6, 6.07) is 33.7. The summed E-state index contributed by atoms with van der Waals surface area (Å²) in [5.74, 6) is 1.53. The zero-order valence-corrected chi connectivity index (χ0v) is 22.0. The van der Waals surface area contributed by atoms with Crippen molar-refractivity contribution in [2.45, 2.75) is 6.42 Å². The minimum Gasteiger partial charge on any atom is -0.508 e. The third kappa shape index (κ3) is 5.86. The number of urea groups is 1. The van der Waals surface area contributed by atoms with Gasteiger partial charge in [0.1, 0.15) is 23.7 Å². The number of aromatic nitrogens is 2. The number of carbonyl (C=O) groups excluding carboxylic acids is 1. The van der Waals surface area contributed by atoms with Crippen LogP contribution in [0.2, 0.25) is 0 Å². The van der Waals surface area contributed by atoms with Crippen molar-refractivity contribution in [3.8, 4) is 28.2 Å². The van der Waals surface area contributed by atoms with Crippen molar-refractivity contribution < 1.29 is 14.3 Å². The summed E-state index contributed by atoms with van der Waals surface area (Å²) in [7, 11) is 0. The summed E-state index contributed by atoms with van der Waals surface area (Å²) in [4.78, 5) is 21.2. The van der Waals surface area contributed by atoms with Gasteiger partial charge in [0, 0.05) is 29.0 Å². The highest BCUT2D eigenvalue weighted by atomic mass is 16.3. The van der Waals surface area contributed by atoms with Crippen LogP contribution in [0.25, 0.3) is 33.6 Å². The second-order valence-corrected chi connectivity index (χ2v) is 9.44. The summed E-state index contributed by atoms with van der Waals surface area (Å²) in [5.41, 5.74) is 5.72. The van der Waals surface area contributed by atoms with Crippen molar-refractivity contribution >= 4 is 34.3 Å². The lowest BCUT2D eigenvalue weighted by atomic mass is 9.99. The highest BCUT2D eigenvalue weighted by molar-refractivity contribution is 6.06. The van der Waals surface area contributed by atoms with E-state index in [-0.39, 0.29) is 11.8 Å². The summed E-state index contributed by atoms with van der Waals surface area (Å²) < 4.78 is 6.25. The van der Waals surface area contributed by atoms with Crippen molar-refractivity contribution in [2.75, 3.05) is 22.5 Å². The molecule has 0 atom stereocenters. The van der Waals surface area contributed by atoms with E-state index < -0.39 is 0 Å². The Kier molecular flexibility index (Phi) is 7.27. The molecule has 6 rings (SSSR count). The third-order valence-electron chi connectivity index (χ3n) is 6.63. The molecule has 2 amide bonds. The molecule has 8 heteroatoms. The van der Waals surface area contributed by atoms with Crippen LogP contribution in [0.3, 0.4) is 0 Å². The van der Waals surface area contributed by atoms with Gasteiger partial charge in [0.05, 0.1) is 5.39 Å². The van der Waals surface area contributed by atoms with Crippen molar-refractivity contribution in [1.82, 2.24) is 9.97 Å². The van der Waals surface area contributed by atoms with Crippen LogP contribution < -0.4 is 16.0 Å². The second-order valence-electron chi connectivity index (χ2n) is 9.44. The highest BCUT2D eigenvalue weighted by Gasteiger charge is 2.22. The number of carbonyl (C=O) groups is 1. The van der Waals surface area contributed by atoms with Crippen LogP contribution in [0, 0.1) is 0 Å². The number of amides is 2. The van der Waals surface area contributed by atoms with E-state index in [4.69, 9.17) is 4.42 Å². The van der Waals surface area contributed by atoms with Gasteiger partial charge in [-0.15, -0.1) is 0 Å². The lowest BCUT2D eigenvalue weighted by molar-refractivity contribution is 0.262. The van der Waals surface area contributed by atoms with Crippen molar-refractivity contribution in [2.24, 2.45) is 0 Å². The maximum Gasteiger partial charge on any atom is 0.323 e. The van der Waals surface area contributed by atoms with E-state index >= 15 is 0 Å². The number of hydrogen-bond donors (Lipinski definition) is 4. The number of phenolic OH excluding ortho intramolecular Hbond substituents is 1. The minimum atomic E-state index is -0.292. The molecule has 0 unspecified atom stereocenters. The first-order valence-electron chi connectivity index (χ1n) is 13.2. The van der Waals surface area contributed by atoms with Crippen molar-refractivity contribution in [3.63, 3.8) is 0 Å². The molecule has 2 heterocycles. The number of phenols is 1. The van der Waals surface area contributed by atoms with E-state index in [0.29, 0.717) is 29.5 Å². The average molecular weight is 542 g/mol. The molecule has 41 heavy (non-hydrogen) atoms. The Bertz CT molecular complexity index is 1770. The van der Waals surface area contributed by atoms with Crippen LogP contribution in [0.5, 0.6) is 5.75 Å². The molecule has 6 aromatic rings. The maximum atomic E-state index is 12.3. The molecule has 0 spiro atoms. The number of nitrogens with one attached hydrogen (secondary N) is 3. The number of benzene rings is 4. The zero-order valence-electron chi connectivity index (χ0n) is 22.0. The summed E-state index contributed by atoms with van der Waals surface area (Å²) in [6.45, 7) is 0.626. The Labute approximate surface area is 236 Å². The predicted octanol–water partition coefficient (Wildman–Crippen LogP) is 7.56. The Morgan fingerprint density at radius 1 is 0.732 bits per heavy atom. The van der Waals surface area contributed by atoms with Crippen LogP contribution in [0.4, 0.5) is 22.0 Å². The molecule has 0 aliphatic heterocycles. The largest absolute Gasteiger partial charge is 0.508 e. The van der Waals surface area contributed by atoms with Crippen molar-refractivity contribution in [1.29, 1.82) is 0 Å². The standard InChI is InChI=1S/C33H27N5O3/c39-27-17-13-24(14-18-27)30-28(23-7-3-1-4-8-23)29-31(35-21-36-32(29)41-30)34-20-19-22-11-15-26(16-12-22)38-33(40)37-25-9-5-2-6-10-25/h1-18,21,39H,19-20H2,(H,34,35,36)(H2,37,38,40). The van der Waals surface area contributed by atoms with Gasteiger partial charge in [-0.1, -0.05) is 60.7 Å². The SMILES string of the molecule is O=C(Nc1ccccc1)Nc1ccc(CCNc2ncnc3oc(-c4ccc(O)cc4)c(-c4ccccc4)c23)cc1. The fourth-order valence-electron chi connectivity index (χ4n) is 4.66.